The number of thioether (sulfide) groups is 1. The molecule has 2 rings (SSSR count). The van der Waals surface area contributed by atoms with E-state index in [-0.39, 0.29) is 0 Å². The fraction of sp³-hybridized carbons (Fsp3) is 1.00. The molecule has 1 N–H and O–H groups in total. The highest BCUT2D eigenvalue weighted by atomic mass is 32.2. The molecule has 0 aliphatic carbocycles. The smallest absolute Gasteiger partial charge is 0.123 e. The maximum atomic E-state index is 14.2. The van der Waals surface area contributed by atoms with Crippen molar-refractivity contribution in [1.29, 1.82) is 0 Å². The second-order valence-electron chi connectivity index (χ2n) is 4.83. The highest BCUT2D eigenvalue weighted by Gasteiger charge is 2.41. The van der Waals surface area contributed by atoms with E-state index in [1.807, 2.05) is 11.8 Å². The summed E-state index contributed by atoms with van der Waals surface area (Å²) in [6.45, 7) is 3.34. The molecule has 0 aromatic rings. The van der Waals surface area contributed by atoms with Crippen molar-refractivity contribution in [1.82, 2.24) is 5.32 Å². The van der Waals surface area contributed by atoms with Crippen LogP contribution in [0.4, 0.5) is 4.39 Å². The maximum Gasteiger partial charge on any atom is 0.123 e. The lowest BCUT2D eigenvalue weighted by atomic mass is 9.75. The Hall–Kier alpha value is 0.240. The predicted octanol–water partition coefficient (Wildman–Crippen LogP) is 2.47. The van der Waals surface area contributed by atoms with Crippen molar-refractivity contribution < 1.29 is 4.39 Å². The van der Waals surface area contributed by atoms with Crippen molar-refractivity contribution >= 4 is 11.8 Å². The molecule has 0 aromatic heterocycles. The van der Waals surface area contributed by atoms with E-state index in [1.54, 1.807) is 6.92 Å². The molecule has 3 atom stereocenters. The first-order valence-electron chi connectivity index (χ1n) is 5.67. The van der Waals surface area contributed by atoms with Crippen LogP contribution < -0.4 is 5.32 Å². The van der Waals surface area contributed by atoms with Crippen LogP contribution >= 0.6 is 11.8 Å². The van der Waals surface area contributed by atoms with Gasteiger partial charge in [-0.2, -0.15) is 11.8 Å². The van der Waals surface area contributed by atoms with Gasteiger partial charge in [0.15, 0.2) is 0 Å². The first-order chi connectivity index (χ1) is 6.70. The summed E-state index contributed by atoms with van der Waals surface area (Å²) in [4.78, 5) is 0. The van der Waals surface area contributed by atoms with Gasteiger partial charge in [-0.05, 0) is 56.1 Å². The molecule has 0 saturated carbocycles. The van der Waals surface area contributed by atoms with E-state index in [4.69, 9.17) is 0 Å². The molecular weight excluding hydrogens is 197 g/mol. The molecule has 82 valence electrons. The first-order valence-corrected chi connectivity index (χ1v) is 6.83. The Morgan fingerprint density at radius 3 is 2.93 bits per heavy atom. The van der Waals surface area contributed by atoms with Crippen LogP contribution in [0.15, 0.2) is 0 Å². The van der Waals surface area contributed by atoms with Gasteiger partial charge in [-0.15, -0.1) is 0 Å². The van der Waals surface area contributed by atoms with E-state index in [9.17, 15) is 4.39 Å². The zero-order chi connectivity index (χ0) is 10.0. The van der Waals surface area contributed by atoms with Gasteiger partial charge in [0.2, 0.25) is 0 Å². The number of nitrogens with one attached hydrogen (secondary N) is 1. The van der Waals surface area contributed by atoms with Crippen LogP contribution in [0.3, 0.4) is 0 Å². The van der Waals surface area contributed by atoms with Crippen LogP contribution in [-0.2, 0) is 0 Å². The summed E-state index contributed by atoms with van der Waals surface area (Å²) in [6, 6.07) is 0. The summed E-state index contributed by atoms with van der Waals surface area (Å²) in [5, 5.41) is 3.16. The molecule has 0 bridgehead atoms. The molecule has 2 saturated heterocycles. The molecule has 3 unspecified atom stereocenters. The zero-order valence-electron chi connectivity index (χ0n) is 8.89. The second kappa shape index (κ2) is 4.40. The van der Waals surface area contributed by atoms with Crippen LogP contribution in [0.5, 0.6) is 0 Å². The van der Waals surface area contributed by atoms with Crippen LogP contribution in [0.1, 0.15) is 26.2 Å². The minimum atomic E-state index is -0.971. The Morgan fingerprint density at radius 2 is 2.29 bits per heavy atom. The molecule has 0 radical (unpaired) electrons. The predicted molar refractivity (Wildman–Crippen MR) is 60.5 cm³/mol. The average Bonchev–Trinajstić information content (AvgIpc) is 2.18. The molecule has 3 heteroatoms. The molecule has 2 fully saturated rings. The number of rotatable bonds is 1. The van der Waals surface area contributed by atoms with Crippen molar-refractivity contribution in [3.8, 4) is 0 Å². The van der Waals surface area contributed by atoms with Gasteiger partial charge in [0.1, 0.15) is 5.67 Å². The molecule has 2 heterocycles. The van der Waals surface area contributed by atoms with Gasteiger partial charge in [-0.3, -0.25) is 0 Å². The number of hydrogen-bond acceptors (Lipinski definition) is 2. The van der Waals surface area contributed by atoms with E-state index in [2.05, 4.69) is 5.32 Å². The minimum absolute atomic E-state index is 0.302. The van der Waals surface area contributed by atoms with E-state index >= 15 is 0 Å². The van der Waals surface area contributed by atoms with E-state index in [0.29, 0.717) is 18.4 Å². The second-order valence-corrected chi connectivity index (χ2v) is 5.98. The van der Waals surface area contributed by atoms with Crippen molar-refractivity contribution in [2.24, 2.45) is 11.8 Å². The molecule has 14 heavy (non-hydrogen) atoms. The summed E-state index contributed by atoms with van der Waals surface area (Å²) >= 11 is 2.01. The van der Waals surface area contributed by atoms with E-state index in [0.717, 1.165) is 13.0 Å². The lowest BCUT2D eigenvalue weighted by Gasteiger charge is -2.41. The average molecular weight is 217 g/mol. The van der Waals surface area contributed by atoms with Crippen LogP contribution in [0.25, 0.3) is 0 Å². The van der Waals surface area contributed by atoms with Crippen molar-refractivity contribution in [2.75, 3.05) is 24.6 Å². The fourth-order valence-electron chi connectivity index (χ4n) is 2.83. The Morgan fingerprint density at radius 1 is 1.43 bits per heavy atom. The number of halogens is 1. The molecule has 1 nitrogen and oxygen atoms in total. The normalized spacial score (nSPS) is 45.0. The number of hydrogen-bond donors (Lipinski definition) is 1. The fourth-order valence-corrected chi connectivity index (χ4v) is 4.07. The molecule has 2 aliphatic rings. The third-order valence-corrected chi connectivity index (χ3v) is 4.88. The Bertz CT molecular complexity index is 190. The van der Waals surface area contributed by atoms with Crippen LogP contribution in [0, 0.1) is 11.8 Å². The van der Waals surface area contributed by atoms with Gasteiger partial charge in [0, 0.05) is 6.54 Å². The topological polar surface area (TPSA) is 12.0 Å². The lowest BCUT2D eigenvalue weighted by molar-refractivity contribution is 0.0358. The van der Waals surface area contributed by atoms with Crippen LogP contribution in [0.2, 0.25) is 0 Å². The van der Waals surface area contributed by atoms with E-state index in [1.165, 1.54) is 24.3 Å². The first kappa shape index (κ1) is 10.7. The quantitative estimate of drug-likeness (QED) is 0.724. The van der Waals surface area contributed by atoms with Crippen molar-refractivity contribution in [3.05, 3.63) is 0 Å². The van der Waals surface area contributed by atoms with Crippen molar-refractivity contribution in [2.45, 2.75) is 31.9 Å². The molecule has 0 spiro atoms. The zero-order valence-corrected chi connectivity index (χ0v) is 9.71. The summed E-state index contributed by atoms with van der Waals surface area (Å²) in [6.07, 6.45) is 3.56. The van der Waals surface area contributed by atoms with Gasteiger partial charge in [-0.25, -0.2) is 4.39 Å². The molecule has 0 amide bonds. The third-order valence-electron chi connectivity index (χ3n) is 3.64. The van der Waals surface area contributed by atoms with Crippen LogP contribution in [-0.4, -0.2) is 30.3 Å². The monoisotopic (exact) mass is 217 g/mol. The lowest BCUT2D eigenvalue weighted by Crippen LogP contribution is -2.50. The van der Waals surface area contributed by atoms with Crippen molar-refractivity contribution in [3.63, 3.8) is 0 Å². The minimum Gasteiger partial charge on any atom is -0.314 e. The third kappa shape index (κ3) is 2.25. The summed E-state index contributed by atoms with van der Waals surface area (Å²) in [5.74, 6) is 3.40. The summed E-state index contributed by atoms with van der Waals surface area (Å²) in [5.41, 5.74) is -0.971. The largest absolute Gasteiger partial charge is 0.314 e. The van der Waals surface area contributed by atoms with E-state index < -0.39 is 5.67 Å². The standard InChI is InChI=1S/C11H20FNS/c1-11(12)8-13-5-4-10(11)9-3-2-6-14-7-9/h9-10,13H,2-8H2,1H3. The molecule has 0 aromatic carbocycles. The summed E-state index contributed by atoms with van der Waals surface area (Å²) in [7, 11) is 0. The Kier molecular flexibility index (Phi) is 3.38. The molecular formula is C11H20FNS. The highest BCUT2D eigenvalue weighted by Crippen LogP contribution is 2.39. The number of piperidine rings is 1. The van der Waals surface area contributed by atoms with Gasteiger partial charge in [0.05, 0.1) is 0 Å². The van der Waals surface area contributed by atoms with Gasteiger partial charge in [0.25, 0.3) is 0 Å². The number of alkyl halides is 1. The molecule has 2 aliphatic heterocycles. The maximum absolute atomic E-state index is 14.2. The van der Waals surface area contributed by atoms with Gasteiger partial charge < -0.3 is 5.32 Å². The SMILES string of the molecule is CC1(F)CNCCC1C1CCCSC1. The summed E-state index contributed by atoms with van der Waals surface area (Å²) < 4.78 is 14.2. The van der Waals surface area contributed by atoms with Gasteiger partial charge in [-0.1, -0.05) is 0 Å². The highest BCUT2D eigenvalue weighted by molar-refractivity contribution is 7.99. The Labute approximate surface area is 90.2 Å². The van der Waals surface area contributed by atoms with Gasteiger partial charge >= 0.3 is 0 Å². The Balaban J connectivity index is 1.99.